The normalized spacial score (nSPS) is 10.8. The van der Waals surface area contributed by atoms with E-state index in [1.165, 1.54) is 24.7 Å². The van der Waals surface area contributed by atoms with Crippen molar-refractivity contribution in [1.29, 1.82) is 0 Å². The summed E-state index contributed by atoms with van der Waals surface area (Å²) in [4.78, 5) is 42.6. The molecular weight excluding hydrogens is 426 g/mol. The van der Waals surface area contributed by atoms with Crippen molar-refractivity contribution in [3.05, 3.63) is 111 Å². The zero-order valence-corrected chi connectivity index (χ0v) is 17.9. The van der Waals surface area contributed by atoms with Gasteiger partial charge in [0.2, 0.25) is 11.3 Å². The molecule has 0 aliphatic heterocycles. The first-order valence-corrected chi connectivity index (χ1v) is 10.5. The Hall–Kier alpha value is -3.77. The first-order chi connectivity index (χ1) is 15.5. The van der Waals surface area contributed by atoms with Crippen LogP contribution in [0.1, 0.15) is 21.5 Å². The Kier molecular flexibility index (Phi) is 6.42. The van der Waals surface area contributed by atoms with Gasteiger partial charge in [0, 0.05) is 41.1 Å². The molecule has 32 heavy (non-hydrogen) atoms. The largest absolute Gasteiger partial charge is 0.354 e. The fourth-order valence-corrected chi connectivity index (χ4v) is 3.69. The third-order valence-electron chi connectivity index (χ3n) is 5.12. The van der Waals surface area contributed by atoms with Gasteiger partial charge in [-0.15, -0.1) is 0 Å². The highest BCUT2D eigenvalue weighted by atomic mass is 35.5. The molecule has 0 saturated heterocycles. The van der Waals surface area contributed by atoms with Crippen molar-refractivity contribution in [2.24, 2.45) is 0 Å². The molecule has 4 rings (SSSR count). The number of aromatic nitrogens is 2. The Balaban J connectivity index is 1.63. The van der Waals surface area contributed by atoms with Crippen LogP contribution in [0.3, 0.4) is 0 Å². The SMILES string of the molecule is O=C(Cn1cc(C(=O)c2ccncc2)c(=O)c2cc(Cl)ccc21)NCCc1ccccc1. The van der Waals surface area contributed by atoms with Crippen molar-refractivity contribution in [2.45, 2.75) is 13.0 Å². The van der Waals surface area contributed by atoms with Crippen molar-refractivity contribution >= 4 is 34.2 Å². The van der Waals surface area contributed by atoms with Gasteiger partial charge in [0.05, 0.1) is 11.1 Å². The molecule has 0 bridgehead atoms. The number of ketones is 1. The Bertz CT molecular complexity index is 1340. The highest BCUT2D eigenvalue weighted by molar-refractivity contribution is 6.31. The molecule has 160 valence electrons. The van der Waals surface area contributed by atoms with Gasteiger partial charge in [-0.2, -0.15) is 0 Å². The van der Waals surface area contributed by atoms with Crippen molar-refractivity contribution < 1.29 is 9.59 Å². The maximum atomic E-state index is 13.1. The lowest BCUT2D eigenvalue weighted by atomic mass is 10.0. The van der Waals surface area contributed by atoms with Gasteiger partial charge in [-0.05, 0) is 42.3 Å². The Labute approximate surface area is 189 Å². The van der Waals surface area contributed by atoms with Crippen molar-refractivity contribution in [1.82, 2.24) is 14.9 Å². The summed E-state index contributed by atoms with van der Waals surface area (Å²) >= 11 is 6.10. The Morgan fingerprint density at radius 2 is 1.75 bits per heavy atom. The van der Waals surface area contributed by atoms with Crippen LogP contribution in [0.2, 0.25) is 5.02 Å². The minimum atomic E-state index is -0.433. The number of rotatable bonds is 7. The average Bonchev–Trinajstić information content (AvgIpc) is 2.81. The van der Waals surface area contributed by atoms with E-state index in [4.69, 9.17) is 11.6 Å². The summed E-state index contributed by atoms with van der Waals surface area (Å²) in [6, 6.07) is 17.8. The molecule has 2 heterocycles. The molecule has 0 atom stereocenters. The summed E-state index contributed by atoms with van der Waals surface area (Å²) in [6.07, 6.45) is 5.13. The Morgan fingerprint density at radius 1 is 1.00 bits per heavy atom. The topological polar surface area (TPSA) is 81.1 Å². The first-order valence-electron chi connectivity index (χ1n) is 10.1. The van der Waals surface area contributed by atoms with Gasteiger partial charge in [-0.25, -0.2) is 0 Å². The molecular formula is C25H20ClN3O3. The number of nitrogens with one attached hydrogen (secondary N) is 1. The van der Waals surface area contributed by atoms with E-state index < -0.39 is 11.2 Å². The number of amides is 1. The van der Waals surface area contributed by atoms with Crippen LogP contribution < -0.4 is 10.7 Å². The molecule has 0 aliphatic carbocycles. The number of benzene rings is 2. The van der Waals surface area contributed by atoms with Crippen LogP contribution in [-0.2, 0) is 17.8 Å². The molecule has 6 nitrogen and oxygen atoms in total. The zero-order chi connectivity index (χ0) is 22.5. The van der Waals surface area contributed by atoms with Crippen LogP contribution in [0.4, 0.5) is 0 Å². The quantitative estimate of drug-likeness (QED) is 0.440. The lowest BCUT2D eigenvalue weighted by molar-refractivity contribution is -0.121. The molecule has 2 aromatic carbocycles. The van der Waals surface area contributed by atoms with Gasteiger partial charge in [-0.3, -0.25) is 19.4 Å². The van der Waals surface area contributed by atoms with Crippen LogP contribution in [0, 0.1) is 0 Å². The number of carbonyl (C=O) groups excluding carboxylic acids is 2. The van der Waals surface area contributed by atoms with Gasteiger partial charge in [0.1, 0.15) is 6.54 Å². The first kappa shape index (κ1) is 21.5. The van der Waals surface area contributed by atoms with Gasteiger partial charge in [-0.1, -0.05) is 41.9 Å². The third-order valence-corrected chi connectivity index (χ3v) is 5.36. The summed E-state index contributed by atoms with van der Waals surface area (Å²) in [5, 5.41) is 3.56. The van der Waals surface area contributed by atoms with Gasteiger partial charge < -0.3 is 9.88 Å². The van der Waals surface area contributed by atoms with E-state index >= 15 is 0 Å². The highest BCUT2D eigenvalue weighted by Crippen LogP contribution is 2.19. The molecule has 1 amide bonds. The summed E-state index contributed by atoms with van der Waals surface area (Å²) < 4.78 is 1.61. The maximum absolute atomic E-state index is 13.1. The van der Waals surface area contributed by atoms with Crippen LogP contribution in [0.5, 0.6) is 0 Å². The molecule has 0 fully saturated rings. The van der Waals surface area contributed by atoms with Crippen molar-refractivity contribution in [2.75, 3.05) is 6.54 Å². The molecule has 0 radical (unpaired) electrons. The second kappa shape index (κ2) is 9.58. The zero-order valence-electron chi connectivity index (χ0n) is 17.1. The van der Waals surface area contributed by atoms with E-state index in [0.717, 1.165) is 5.56 Å². The molecule has 0 aliphatic rings. The smallest absolute Gasteiger partial charge is 0.239 e. The minimum absolute atomic E-state index is 0.0250. The number of hydrogen-bond donors (Lipinski definition) is 1. The standard InChI is InChI=1S/C25H20ClN3O3/c26-19-6-7-22-20(14-19)25(32)21(24(31)18-9-11-27-12-10-18)15-29(22)16-23(30)28-13-8-17-4-2-1-3-5-17/h1-7,9-12,14-15H,8,13,16H2,(H,28,30). The average molecular weight is 446 g/mol. The number of fused-ring (bicyclic) bond motifs is 1. The number of carbonyl (C=O) groups is 2. The predicted molar refractivity (Wildman–Crippen MR) is 124 cm³/mol. The van der Waals surface area contributed by atoms with Gasteiger partial charge in [0.15, 0.2) is 5.78 Å². The van der Waals surface area contributed by atoms with E-state index in [9.17, 15) is 14.4 Å². The lowest BCUT2D eigenvalue weighted by Crippen LogP contribution is -2.30. The van der Waals surface area contributed by atoms with E-state index in [1.807, 2.05) is 30.3 Å². The summed E-state index contributed by atoms with van der Waals surface area (Å²) in [6.45, 7) is 0.444. The van der Waals surface area contributed by atoms with E-state index in [2.05, 4.69) is 10.3 Å². The number of pyridine rings is 2. The molecule has 7 heteroatoms. The van der Waals surface area contributed by atoms with Crippen molar-refractivity contribution in [3.8, 4) is 0 Å². The fourth-order valence-electron chi connectivity index (χ4n) is 3.52. The highest BCUT2D eigenvalue weighted by Gasteiger charge is 2.18. The van der Waals surface area contributed by atoms with Gasteiger partial charge >= 0.3 is 0 Å². The predicted octanol–water partition coefficient (Wildman–Crippen LogP) is 3.64. The third kappa shape index (κ3) is 4.76. The van der Waals surface area contributed by atoms with Crippen LogP contribution >= 0.6 is 11.6 Å². The monoisotopic (exact) mass is 445 g/mol. The number of halogens is 1. The Morgan fingerprint density at radius 3 is 2.50 bits per heavy atom. The van der Waals surface area contributed by atoms with Crippen LogP contribution in [-0.4, -0.2) is 27.8 Å². The molecule has 0 saturated carbocycles. The van der Waals surface area contributed by atoms with E-state index in [1.54, 1.807) is 28.8 Å². The van der Waals surface area contributed by atoms with E-state index in [-0.39, 0.29) is 23.4 Å². The maximum Gasteiger partial charge on any atom is 0.239 e. The minimum Gasteiger partial charge on any atom is -0.354 e. The number of nitrogens with zero attached hydrogens (tertiary/aromatic N) is 2. The fraction of sp³-hybridized carbons (Fsp3) is 0.120. The molecule has 1 N–H and O–H groups in total. The molecule has 2 aromatic heterocycles. The van der Waals surface area contributed by atoms with E-state index in [0.29, 0.717) is 29.1 Å². The second-order valence-electron chi connectivity index (χ2n) is 7.31. The van der Waals surface area contributed by atoms with Crippen LogP contribution in [0.25, 0.3) is 10.9 Å². The summed E-state index contributed by atoms with van der Waals surface area (Å²) in [5.74, 6) is -0.652. The lowest BCUT2D eigenvalue weighted by Gasteiger charge is -2.14. The second-order valence-corrected chi connectivity index (χ2v) is 7.75. The van der Waals surface area contributed by atoms with Gasteiger partial charge in [0.25, 0.3) is 0 Å². The van der Waals surface area contributed by atoms with Crippen molar-refractivity contribution in [3.63, 3.8) is 0 Å². The summed E-state index contributed by atoms with van der Waals surface area (Å²) in [7, 11) is 0. The molecule has 0 unspecified atom stereocenters. The van der Waals surface area contributed by atoms with Crippen LogP contribution in [0.15, 0.2) is 84.0 Å². The molecule has 0 spiro atoms. The number of hydrogen-bond acceptors (Lipinski definition) is 4. The summed E-state index contributed by atoms with van der Waals surface area (Å²) in [5.41, 5.74) is 1.55. The molecule has 4 aromatic rings.